The van der Waals surface area contributed by atoms with E-state index in [0.717, 1.165) is 19.5 Å². The number of halogens is 1. The van der Waals surface area contributed by atoms with E-state index in [4.69, 9.17) is 0 Å². The van der Waals surface area contributed by atoms with Gasteiger partial charge in [-0.3, -0.25) is 14.2 Å². The van der Waals surface area contributed by atoms with E-state index in [9.17, 15) is 14.4 Å². The van der Waals surface area contributed by atoms with Crippen molar-refractivity contribution in [3.05, 3.63) is 66.1 Å². The van der Waals surface area contributed by atoms with E-state index in [1.165, 1.54) is 18.3 Å². The Hall–Kier alpha value is -1.99. The average Bonchev–Trinajstić information content (AvgIpc) is 2.90. The van der Waals surface area contributed by atoms with Crippen LogP contribution in [0, 0.1) is 6.92 Å². The molecular formula is C20H21BrN2O3S. The zero-order valence-corrected chi connectivity index (χ0v) is 18.1. The molecule has 0 aliphatic rings. The first-order chi connectivity index (χ1) is 12.7. The van der Waals surface area contributed by atoms with Crippen molar-refractivity contribution >= 4 is 43.3 Å². The van der Waals surface area contributed by atoms with Crippen LogP contribution in [-0.4, -0.2) is 14.9 Å². The van der Waals surface area contributed by atoms with Gasteiger partial charge in [0.25, 0.3) is 5.56 Å². The van der Waals surface area contributed by atoms with Gasteiger partial charge in [0.2, 0.25) is 0 Å². The van der Waals surface area contributed by atoms with Crippen molar-refractivity contribution in [2.45, 2.75) is 46.2 Å². The molecule has 2 heterocycles. The summed E-state index contributed by atoms with van der Waals surface area (Å²) >= 11 is 4.87. The Morgan fingerprint density at radius 3 is 2.41 bits per heavy atom. The smallest absolute Gasteiger partial charge is 0.297 e. The summed E-state index contributed by atoms with van der Waals surface area (Å²) in [6.07, 6.45) is 0.656. The summed E-state index contributed by atoms with van der Waals surface area (Å²) < 4.78 is 3.55. The molecule has 0 unspecified atom stereocenters. The molecule has 0 aliphatic heterocycles. The van der Waals surface area contributed by atoms with Crippen molar-refractivity contribution in [2.75, 3.05) is 0 Å². The van der Waals surface area contributed by atoms with Crippen LogP contribution in [0.4, 0.5) is 0 Å². The molecule has 0 amide bonds. The second kappa shape index (κ2) is 7.20. The number of Topliss-reactive ketones (excluding diaryl/α,β-unsaturated/α-hetero) is 1. The number of aryl methyl sites for hydroxylation is 3. The van der Waals surface area contributed by atoms with Gasteiger partial charge in [-0.05, 0) is 61.2 Å². The van der Waals surface area contributed by atoms with E-state index in [2.05, 4.69) is 15.9 Å². The fourth-order valence-electron chi connectivity index (χ4n) is 3.05. The molecule has 0 saturated heterocycles. The third-order valence-corrected chi connectivity index (χ3v) is 7.23. The SMILES string of the molecule is CC(=O)C(C)(C)n1c(=O)c2c(C)c(Br)sc2n(CCc2ccccc2)c1=O. The molecule has 2 aromatic heterocycles. The molecular weight excluding hydrogens is 428 g/mol. The lowest BCUT2D eigenvalue weighted by atomic mass is 10.00. The van der Waals surface area contributed by atoms with Gasteiger partial charge in [-0.1, -0.05) is 30.3 Å². The van der Waals surface area contributed by atoms with Crippen molar-refractivity contribution in [3.8, 4) is 0 Å². The summed E-state index contributed by atoms with van der Waals surface area (Å²) in [5, 5.41) is 0.494. The maximum atomic E-state index is 13.3. The summed E-state index contributed by atoms with van der Waals surface area (Å²) in [5.41, 5.74) is -0.171. The molecule has 0 aliphatic carbocycles. The Morgan fingerprint density at radius 1 is 1.19 bits per heavy atom. The molecule has 0 spiro atoms. The van der Waals surface area contributed by atoms with E-state index in [-0.39, 0.29) is 5.78 Å². The van der Waals surface area contributed by atoms with E-state index >= 15 is 0 Å². The van der Waals surface area contributed by atoms with Crippen LogP contribution in [0.5, 0.6) is 0 Å². The Kier molecular flexibility index (Phi) is 5.27. The Labute approximate surface area is 169 Å². The first-order valence-electron chi connectivity index (χ1n) is 8.66. The van der Waals surface area contributed by atoms with Gasteiger partial charge in [0.05, 0.1) is 9.17 Å². The number of benzene rings is 1. The van der Waals surface area contributed by atoms with E-state index < -0.39 is 16.8 Å². The molecule has 3 aromatic rings. The van der Waals surface area contributed by atoms with Crippen molar-refractivity contribution in [1.29, 1.82) is 0 Å². The highest BCUT2D eigenvalue weighted by Crippen LogP contribution is 2.32. The highest BCUT2D eigenvalue weighted by Gasteiger charge is 2.32. The van der Waals surface area contributed by atoms with Gasteiger partial charge in [-0.25, -0.2) is 9.36 Å². The van der Waals surface area contributed by atoms with Gasteiger partial charge >= 0.3 is 5.69 Å². The molecule has 3 rings (SSSR count). The number of ketones is 1. The van der Waals surface area contributed by atoms with Crippen LogP contribution in [0.25, 0.3) is 10.2 Å². The van der Waals surface area contributed by atoms with Crippen LogP contribution in [-0.2, 0) is 23.3 Å². The van der Waals surface area contributed by atoms with Crippen LogP contribution in [0.3, 0.4) is 0 Å². The summed E-state index contributed by atoms with van der Waals surface area (Å²) in [6, 6.07) is 9.88. The minimum Gasteiger partial charge on any atom is -0.297 e. The monoisotopic (exact) mass is 448 g/mol. The van der Waals surface area contributed by atoms with E-state index in [1.807, 2.05) is 37.3 Å². The van der Waals surface area contributed by atoms with Crippen LogP contribution >= 0.6 is 27.3 Å². The van der Waals surface area contributed by atoms with Crippen molar-refractivity contribution in [1.82, 2.24) is 9.13 Å². The molecule has 0 fully saturated rings. The van der Waals surface area contributed by atoms with Crippen LogP contribution in [0.1, 0.15) is 31.9 Å². The fraction of sp³-hybridized carbons (Fsp3) is 0.350. The largest absolute Gasteiger partial charge is 0.332 e. The molecule has 0 saturated carbocycles. The normalized spacial score (nSPS) is 11.9. The van der Waals surface area contributed by atoms with Crippen LogP contribution in [0.15, 0.2) is 43.7 Å². The third-order valence-electron chi connectivity index (χ3n) is 5.04. The first kappa shape index (κ1) is 19.8. The van der Waals surface area contributed by atoms with Gasteiger partial charge < -0.3 is 0 Å². The highest BCUT2D eigenvalue weighted by atomic mass is 79.9. The number of carbonyl (C=O) groups excluding carboxylic acids is 1. The number of rotatable bonds is 5. The summed E-state index contributed by atoms with van der Waals surface area (Å²) in [7, 11) is 0. The quantitative estimate of drug-likeness (QED) is 0.595. The Balaban J connectivity index is 2.29. The number of fused-ring (bicyclic) bond motifs is 1. The van der Waals surface area contributed by atoms with Gasteiger partial charge in [0.15, 0.2) is 5.78 Å². The number of thiophene rings is 1. The number of nitrogens with zero attached hydrogens (tertiary/aromatic N) is 2. The molecule has 5 nitrogen and oxygen atoms in total. The molecule has 0 bridgehead atoms. The number of hydrogen-bond acceptors (Lipinski definition) is 4. The number of carbonyl (C=O) groups is 1. The fourth-order valence-corrected chi connectivity index (χ4v) is 4.76. The molecule has 142 valence electrons. The van der Waals surface area contributed by atoms with E-state index in [1.54, 1.807) is 18.4 Å². The van der Waals surface area contributed by atoms with Crippen molar-refractivity contribution in [2.24, 2.45) is 0 Å². The standard InChI is InChI=1S/C20H21BrN2O3S/c1-12-15-17(25)23(20(3,4)13(2)24)19(26)22(18(15)27-16(12)21)11-10-14-8-6-5-7-9-14/h5-9H,10-11H2,1-4H3. The lowest BCUT2D eigenvalue weighted by Crippen LogP contribution is -2.52. The molecule has 0 radical (unpaired) electrons. The summed E-state index contributed by atoms with van der Waals surface area (Å²) in [6.45, 7) is 6.91. The first-order valence-corrected chi connectivity index (χ1v) is 10.3. The lowest BCUT2D eigenvalue weighted by Gasteiger charge is -2.25. The van der Waals surface area contributed by atoms with E-state index in [0.29, 0.717) is 23.2 Å². The van der Waals surface area contributed by atoms with Crippen molar-refractivity contribution in [3.63, 3.8) is 0 Å². The zero-order chi connectivity index (χ0) is 19.9. The topological polar surface area (TPSA) is 61.1 Å². The van der Waals surface area contributed by atoms with Crippen molar-refractivity contribution < 1.29 is 4.79 Å². The average molecular weight is 449 g/mol. The van der Waals surface area contributed by atoms with Gasteiger partial charge in [-0.2, -0.15) is 0 Å². The maximum Gasteiger partial charge on any atom is 0.332 e. The summed E-state index contributed by atoms with van der Waals surface area (Å²) in [4.78, 5) is 39.2. The minimum absolute atomic E-state index is 0.234. The molecule has 0 atom stereocenters. The minimum atomic E-state index is -1.21. The highest BCUT2D eigenvalue weighted by molar-refractivity contribution is 9.11. The Morgan fingerprint density at radius 2 is 1.81 bits per heavy atom. The van der Waals surface area contributed by atoms with Gasteiger partial charge in [-0.15, -0.1) is 11.3 Å². The lowest BCUT2D eigenvalue weighted by molar-refractivity contribution is -0.124. The second-order valence-electron chi connectivity index (χ2n) is 7.11. The van der Waals surface area contributed by atoms with Crippen LogP contribution in [0.2, 0.25) is 0 Å². The van der Waals surface area contributed by atoms with Gasteiger partial charge in [0, 0.05) is 6.54 Å². The molecule has 1 aromatic carbocycles. The van der Waals surface area contributed by atoms with Gasteiger partial charge in [0.1, 0.15) is 10.4 Å². The molecule has 27 heavy (non-hydrogen) atoms. The maximum absolute atomic E-state index is 13.3. The molecule has 7 heteroatoms. The third kappa shape index (κ3) is 3.34. The Bertz CT molecular complexity index is 1140. The number of aromatic nitrogens is 2. The van der Waals surface area contributed by atoms with Crippen LogP contribution < -0.4 is 11.2 Å². The second-order valence-corrected chi connectivity index (χ2v) is 9.42. The predicted octanol–water partition coefficient (Wildman–Crippen LogP) is 3.86. The number of hydrogen-bond donors (Lipinski definition) is 0. The summed E-state index contributed by atoms with van der Waals surface area (Å²) in [5.74, 6) is -0.234. The zero-order valence-electron chi connectivity index (χ0n) is 15.7. The predicted molar refractivity (Wildman–Crippen MR) is 113 cm³/mol. The molecule has 0 N–H and O–H groups in total.